The molecule has 1 aliphatic heterocycles. The Bertz CT molecular complexity index is 1340. The summed E-state index contributed by atoms with van der Waals surface area (Å²) in [6.07, 6.45) is 3.40. The van der Waals surface area contributed by atoms with Gasteiger partial charge in [-0.3, -0.25) is 15.2 Å². The summed E-state index contributed by atoms with van der Waals surface area (Å²) in [6.45, 7) is 5.36. The van der Waals surface area contributed by atoms with Gasteiger partial charge in [0.2, 0.25) is 0 Å². The van der Waals surface area contributed by atoms with E-state index in [1.54, 1.807) is 0 Å². The fourth-order valence-electron chi connectivity index (χ4n) is 5.20. The summed E-state index contributed by atoms with van der Waals surface area (Å²) in [5.74, 6) is 0. The summed E-state index contributed by atoms with van der Waals surface area (Å²) in [5, 5.41) is 23.7. The highest BCUT2D eigenvalue weighted by Gasteiger charge is 2.23. The van der Waals surface area contributed by atoms with Crippen LogP contribution in [0, 0.1) is 10.3 Å². The molecule has 2 N–H and O–H groups in total. The third-order valence-corrected chi connectivity index (χ3v) is 7.97. The first-order chi connectivity index (χ1) is 15.7. The fraction of sp³-hybridized carbons (Fsp3) is 0.259. The van der Waals surface area contributed by atoms with Gasteiger partial charge >= 0.3 is 0 Å². The van der Waals surface area contributed by atoms with Crippen LogP contribution in [0.3, 0.4) is 0 Å². The molecule has 0 atom stereocenters. The average Bonchev–Trinajstić information content (AvgIpc) is 3.35. The second-order valence-corrected chi connectivity index (χ2v) is 9.91. The summed E-state index contributed by atoms with van der Waals surface area (Å²) in [6, 6.07) is 21.7. The molecule has 0 amide bonds. The molecule has 0 spiro atoms. The van der Waals surface area contributed by atoms with E-state index >= 15 is 0 Å². The lowest BCUT2D eigenvalue weighted by molar-refractivity contribution is 0.333. The molecule has 1 fully saturated rings. The smallest absolute Gasteiger partial charge is 0.0356 e. The van der Waals surface area contributed by atoms with Gasteiger partial charge in [0, 0.05) is 33.9 Å². The van der Waals surface area contributed by atoms with Crippen molar-refractivity contribution in [2.45, 2.75) is 32.7 Å². The van der Waals surface area contributed by atoms with E-state index in [0.29, 0.717) is 16.7 Å². The molecular formula is C27H27N3P2. The van der Waals surface area contributed by atoms with Crippen LogP contribution in [0.15, 0.2) is 60.7 Å². The van der Waals surface area contributed by atoms with Gasteiger partial charge in [-0.2, -0.15) is 0 Å². The van der Waals surface area contributed by atoms with Crippen molar-refractivity contribution >= 4 is 48.9 Å². The Morgan fingerprint density at radius 1 is 0.750 bits per heavy atom. The van der Waals surface area contributed by atoms with Gasteiger partial charge in [0.05, 0.1) is 0 Å². The zero-order valence-corrected chi connectivity index (χ0v) is 20.1. The zero-order chi connectivity index (χ0) is 22.1. The van der Waals surface area contributed by atoms with Crippen molar-refractivity contribution in [1.82, 2.24) is 4.90 Å². The third-order valence-electron chi connectivity index (χ3n) is 6.69. The van der Waals surface area contributed by atoms with E-state index in [9.17, 15) is 0 Å². The molecule has 5 rings (SSSR count). The standard InChI is InChI=1S/C27H27N3P2/c1-2-20-24(31-28)15-18-9-3-5-11-21(18)26(20)27-22-12-6-4-10-19(22)16-25(32-29)23(27)17-30-13-7-8-14-30/h3-6,9-12,15-16,28-29H,2,7-8,13-14,17H2,1H3. The highest BCUT2D eigenvalue weighted by atomic mass is 31.1. The number of nitrogens with one attached hydrogen (secondary N) is 2. The summed E-state index contributed by atoms with van der Waals surface area (Å²) in [5.41, 5.74) is 5.12. The maximum absolute atomic E-state index is 8.36. The lowest BCUT2D eigenvalue weighted by atomic mass is 9.86. The molecule has 4 aromatic carbocycles. The number of fused-ring (bicyclic) bond motifs is 2. The molecule has 160 valence electrons. The van der Waals surface area contributed by atoms with Crippen LogP contribution in [0.4, 0.5) is 0 Å². The van der Waals surface area contributed by atoms with Crippen molar-refractivity contribution < 1.29 is 0 Å². The number of benzene rings is 4. The molecule has 0 aromatic heterocycles. The van der Waals surface area contributed by atoms with Crippen LogP contribution in [0.5, 0.6) is 0 Å². The van der Waals surface area contributed by atoms with Crippen LogP contribution < -0.4 is 10.6 Å². The van der Waals surface area contributed by atoms with Gasteiger partial charge in [0.15, 0.2) is 0 Å². The first kappa shape index (κ1) is 21.4. The Labute approximate surface area is 192 Å². The lowest BCUT2D eigenvalue weighted by Gasteiger charge is -2.24. The van der Waals surface area contributed by atoms with Gasteiger partial charge in [0.25, 0.3) is 0 Å². The second kappa shape index (κ2) is 9.20. The monoisotopic (exact) mass is 455 g/mol. The van der Waals surface area contributed by atoms with Crippen molar-refractivity contribution in [2.75, 3.05) is 13.1 Å². The van der Waals surface area contributed by atoms with Crippen LogP contribution in [-0.4, -0.2) is 18.0 Å². The minimum atomic E-state index is 0.559. The van der Waals surface area contributed by atoms with E-state index in [-0.39, 0.29) is 0 Å². The quantitative estimate of drug-likeness (QED) is 0.291. The lowest BCUT2D eigenvalue weighted by Crippen LogP contribution is -2.23. The van der Waals surface area contributed by atoms with E-state index in [1.807, 2.05) is 0 Å². The molecule has 0 bridgehead atoms. The SMILES string of the molecule is CCc1c(P=N)cc2ccccc2c1-c1c(CN2CCCC2)c(P=N)cc2ccccc12. The minimum Gasteiger partial charge on any atom is -0.299 e. The number of likely N-dealkylation sites (tertiary alicyclic amines) is 1. The van der Waals surface area contributed by atoms with Gasteiger partial charge in [-0.05, 0) is 88.3 Å². The van der Waals surface area contributed by atoms with Gasteiger partial charge in [-0.15, -0.1) is 0 Å². The molecule has 1 aliphatic rings. The summed E-state index contributed by atoms with van der Waals surface area (Å²) in [4.78, 5) is 2.54. The minimum absolute atomic E-state index is 0.559. The van der Waals surface area contributed by atoms with E-state index < -0.39 is 0 Å². The second-order valence-electron chi connectivity index (χ2n) is 8.50. The number of nitrogens with zero attached hydrogens (tertiary/aromatic N) is 1. The molecule has 3 nitrogen and oxygen atoms in total. The molecule has 0 saturated carbocycles. The molecule has 32 heavy (non-hydrogen) atoms. The molecule has 0 radical (unpaired) electrons. The Morgan fingerprint density at radius 2 is 1.25 bits per heavy atom. The van der Waals surface area contributed by atoms with Crippen molar-refractivity contribution in [3.8, 4) is 11.1 Å². The molecule has 5 heteroatoms. The highest BCUT2D eigenvalue weighted by Crippen LogP contribution is 2.40. The van der Waals surface area contributed by atoms with Crippen LogP contribution in [0.1, 0.15) is 30.9 Å². The van der Waals surface area contributed by atoms with Crippen molar-refractivity contribution in [2.24, 2.45) is 0 Å². The van der Waals surface area contributed by atoms with E-state index in [4.69, 9.17) is 10.3 Å². The predicted molar refractivity (Wildman–Crippen MR) is 139 cm³/mol. The van der Waals surface area contributed by atoms with E-state index in [2.05, 4.69) is 72.5 Å². The van der Waals surface area contributed by atoms with Crippen LogP contribution in [0.25, 0.3) is 32.7 Å². The number of rotatable bonds is 6. The van der Waals surface area contributed by atoms with Gasteiger partial charge in [-0.1, -0.05) is 55.5 Å². The first-order valence-corrected chi connectivity index (χ1v) is 13.1. The maximum atomic E-state index is 8.36. The van der Waals surface area contributed by atoms with Gasteiger partial charge in [0.1, 0.15) is 0 Å². The normalized spacial score (nSPS) is 14.8. The predicted octanol–water partition coefficient (Wildman–Crippen LogP) is 7.49. The topological polar surface area (TPSA) is 50.9 Å². The van der Waals surface area contributed by atoms with Crippen molar-refractivity contribution in [3.63, 3.8) is 0 Å². The molecule has 1 saturated heterocycles. The number of hydrogen-bond donors (Lipinski definition) is 2. The summed E-state index contributed by atoms with van der Waals surface area (Å²) < 4.78 is 0. The third kappa shape index (κ3) is 3.69. The van der Waals surface area contributed by atoms with Crippen LogP contribution in [-0.2, 0) is 13.0 Å². The van der Waals surface area contributed by atoms with Crippen LogP contribution in [0.2, 0.25) is 0 Å². The van der Waals surface area contributed by atoms with Gasteiger partial charge < -0.3 is 0 Å². The average molecular weight is 455 g/mol. The summed E-state index contributed by atoms with van der Waals surface area (Å²) in [7, 11) is 1.12. The Morgan fingerprint density at radius 3 is 1.78 bits per heavy atom. The van der Waals surface area contributed by atoms with E-state index in [1.165, 1.54) is 56.6 Å². The Hall–Kier alpha value is -2.44. The van der Waals surface area contributed by atoms with Crippen LogP contribution >= 0.6 is 16.7 Å². The van der Waals surface area contributed by atoms with Crippen molar-refractivity contribution in [3.05, 3.63) is 71.8 Å². The fourth-order valence-corrected chi connectivity index (χ4v) is 6.33. The van der Waals surface area contributed by atoms with Crippen molar-refractivity contribution in [1.29, 1.82) is 10.3 Å². The zero-order valence-electron chi connectivity index (χ0n) is 18.4. The van der Waals surface area contributed by atoms with E-state index in [0.717, 1.165) is 36.7 Å². The summed E-state index contributed by atoms with van der Waals surface area (Å²) >= 11 is 0. The molecule has 0 unspecified atom stereocenters. The Kier molecular flexibility index (Phi) is 6.15. The Balaban J connectivity index is 1.95. The molecule has 4 aromatic rings. The molecule has 1 heterocycles. The van der Waals surface area contributed by atoms with Gasteiger partial charge in [-0.25, -0.2) is 0 Å². The maximum Gasteiger partial charge on any atom is 0.0356 e. The largest absolute Gasteiger partial charge is 0.299 e. The first-order valence-electron chi connectivity index (χ1n) is 11.3. The number of hydrogen-bond acceptors (Lipinski definition) is 3. The highest BCUT2D eigenvalue weighted by molar-refractivity contribution is 7.35. The molecule has 0 aliphatic carbocycles. The molecular weight excluding hydrogens is 428 g/mol.